The molecule has 1 heterocycles. The minimum atomic E-state index is 0. The van der Waals surface area contributed by atoms with Crippen LogP contribution in [0.15, 0.2) is 4.99 Å². The van der Waals surface area contributed by atoms with Gasteiger partial charge in [0.1, 0.15) is 0 Å². The number of likely N-dealkylation sites (tertiary alicyclic amines) is 1. The highest BCUT2D eigenvalue weighted by atomic mass is 127. The van der Waals surface area contributed by atoms with Gasteiger partial charge in [0, 0.05) is 26.2 Å². The number of rotatable bonds is 3. The first-order chi connectivity index (χ1) is 10.2. The van der Waals surface area contributed by atoms with Gasteiger partial charge >= 0.3 is 0 Å². The Labute approximate surface area is 151 Å². The van der Waals surface area contributed by atoms with Crippen LogP contribution in [0.2, 0.25) is 0 Å². The van der Waals surface area contributed by atoms with Crippen molar-refractivity contribution < 1.29 is 4.79 Å². The number of carbonyl (C=O) groups excluding carboxylic acids is 1. The van der Waals surface area contributed by atoms with E-state index >= 15 is 0 Å². The second kappa shape index (κ2) is 10.3. The zero-order chi connectivity index (χ0) is 15.1. The third-order valence-electron chi connectivity index (χ3n) is 4.67. The van der Waals surface area contributed by atoms with Crippen LogP contribution in [-0.4, -0.2) is 49.5 Å². The van der Waals surface area contributed by atoms with E-state index in [1.165, 1.54) is 32.1 Å². The van der Waals surface area contributed by atoms with Gasteiger partial charge in [0.2, 0.25) is 5.91 Å². The lowest BCUT2D eigenvalue weighted by Crippen LogP contribution is -2.49. The van der Waals surface area contributed by atoms with Crippen molar-refractivity contribution in [3.8, 4) is 0 Å². The Kier molecular flexibility index (Phi) is 9.12. The summed E-state index contributed by atoms with van der Waals surface area (Å²) in [5.74, 6) is 1.75. The molecule has 2 fully saturated rings. The first-order valence-corrected chi connectivity index (χ1v) is 8.44. The molecule has 0 bridgehead atoms. The van der Waals surface area contributed by atoms with E-state index in [4.69, 9.17) is 0 Å². The molecule has 2 rings (SSSR count). The molecule has 2 aliphatic rings. The fraction of sp³-hybridized carbons (Fsp3) is 0.875. The molecule has 1 amide bonds. The Morgan fingerprint density at radius 2 is 1.77 bits per heavy atom. The maximum absolute atomic E-state index is 12.0. The third kappa shape index (κ3) is 6.30. The molecule has 2 N–H and O–H groups in total. The summed E-state index contributed by atoms with van der Waals surface area (Å²) in [5.41, 5.74) is 0. The molecule has 0 aromatic rings. The summed E-state index contributed by atoms with van der Waals surface area (Å²) >= 11 is 0. The molecule has 0 aromatic heterocycles. The highest BCUT2D eigenvalue weighted by Crippen LogP contribution is 2.17. The number of aliphatic imine (C=N–C) groups is 1. The van der Waals surface area contributed by atoms with Gasteiger partial charge in [0.05, 0.1) is 6.54 Å². The van der Waals surface area contributed by atoms with Crippen molar-refractivity contribution in [2.75, 3.05) is 26.7 Å². The van der Waals surface area contributed by atoms with E-state index < -0.39 is 0 Å². The first-order valence-electron chi connectivity index (χ1n) is 8.44. The second-order valence-electron chi connectivity index (χ2n) is 6.47. The van der Waals surface area contributed by atoms with Crippen LogP contribution in [0.5, 0.6) is 0 Å². The number of nitrogens with zero attached hydrogens (tertiary/aromatic N) is 2. The van der Waals surface area contributed by atoms with E-state index in [1.54, 1.807) is 7.05 Å². The van der Waals surface area contributed by atoms with E-state index in [9.17, 15) is 4.79 Å². The van der Waals surface area contributed by atoms with Crippen molar-refractivity contribution >= 4 is 35.8 Å². The van der Waals surface area contributed by atoms with Crippen LogP contribution in [0.1, 0.15) is 51.9 Å². The highest BCUT2D eigenvalue weighted by Gasteiger charge is 2.20. The molecule has 0 aromatic carbocycles. The summed E-state index contributed by atoms with van der Waals surface area (Å²) in [7, 11) is 1.79. The monoisotopic (exact) mass is 422 g/mol. The molecule has 0 unspecified atom stereocenters. The molecule has 5 nitrogen and oxygen atoms in total. The smallest absolute Gasteiger partial charge is 0.239 e. The van der Waals surface area contributed by atoms with E-state index in [0.717, 1.165) is 37.8 Å². The van der Waals surface area contributed by atoms with Crippen molar-refractivity contribution in [3.63, 3.8) is 0 Å². The molecule has 22 heavy (non-hydrogen) atoms. The minimum Gasteiger partial charge on any atom is -0.352 e. The molecule has 0 spiro atoms. The van der Waals surface area contributed by atoms with Gasteiger partial charge in [-0.15, -0.1) is 24.0 Å². The lowest BCUT2D eigenvalue weighted by Gasteiger charge is -2.33. The fourth-order valence-corrected chi connectivity index (χ4v) is 3.24. The van der Waals surface area contributed by atoms with Crippen molar-refractivity contribution in [2.24, 2.45) is 10.9 Å². The van der Waals surface area contributed by atoms with Gasteiger partial charge < -0.3 is 15.5 Å². The Balaban J connectivity index is 0.00000242. The summed E-state index contributed by atoms with van der Waals surface area (Å²) in [6.07, 6.45) is 8.46. The van der Waals surface area contributed by atoms with Crippen LogP contribution in [0, 0.1) is 5.92 Å². The van der Waals surface area contributed by atoms with Gasteiger partial charge in [-0.1, -0.05) is 26.2 Å². The number of hydrogen-bond donors (Lipinski definition) is 2. The molecule has 1 saturated heterocycles. The average molecular weight is 422 g/mol. The van der Waals surface area contributed by atoms with E-state index in [1.807, 2.05) is 0 Å². The van der Waals surface area contributed by atoms with Gasteiger partial charge in [0.15, 0.2) is 5.96 Å². The molecular formula is C16H31IN4O. The normalized spacial score (nSPS) is 21.2. The van der Waals surface area contributed by atoms with E-state index in [2.05, 4.69) is 27.4 Å². The van der Waals surface area contributed by atoms with Crippen LogP contribution in [-0.2, 0) is 4.79 Å². The van der Waals surface area contributed by atoms with Crippen molar-refractivity contribution in [1.29, 1.82) is 0 Å². The molecule has 0 radical (unpaired) electrons. The molecular weight excluding hydrogens is 391 g/mol. The standard InChI is InChI=1S/C16H30N4O.HI/c1-13-8-10-20(11-9-13)16(17-2)18-12-15(21)19-14-6-4-3-5-7-14;/h13-14H,3-12H2,1-2H3,(H,17,18)(H,19,21);1H. The molecule has 1 aliphatic heterocycles. The number of nitrogens with one attached hydrogen (secondary N) is 2. The molecule has 128 valence electrons. The summed E-state index contributed by atoms with van der Waals surface area (Å²) in [5, 5.41) is 6.34. The third-order valence-corrected chi connectivity index (χ3v) is 4.67. The van der Waals surface area contributed by atoms with Crippen LogP contribution in [0.4, 0.5) is 0 Å². The Morgan fingerprint density at radius 3 is 2.36 bits per heavy atom. The summed E-state index contributed by atoms with van der Waals surface area (Å²) in [6.45, 7) is 4.69. The maximum Gasteiger partial charge on any atom is 0.239 e. The van der Waals surface area contributed by atoms with Crippen molar-refractivity contribution in [2.45, 2.75) is 57.9 Å². The van der Waals surface area contributed by atoms with Gasteiger partial charge in [-0.05, 0) is 31.6 Å². The number of hydrogen-bond acceptors (Lipinski definition) is 2. The van der Waals surface area contributed by atoms with E-state index in [0.29, 0.717) is 12.6 Å². The molecule has 0 atom stereocenters. The fourth-order valence-electron chi connectivity index (χ4n) is 3.24. The number of amides is 1. The predicted octanol–water partition coefficient (Wildman–Crippen LogP) is 2.36. The van der Waals surface area contributed by atoms with Crippen LogP contribution in [0.25, 0.3) is 0 Å². The molecule has 1 aliphatic carbocycles. The Bertz CT molecular complexity index is 361. The molecule has 1 saturated carbocycles. The Hall–Kier alpha value is -0.530. The van der Waals surface area contributed by atoms with Crippen molar-refractivity contribution in [1.82, 2.24) is 15.5 Å². The number of guanidine groups is 1. The number of piperidine rings is 1. The van der Waals surface area contributed by atoms with Crippen molar-refractivity contribution in [3.05, 3.63) is 0 Å². The highest BCUT2D eigenvalue weighted by molar-refractivity contribution is 14.0. The van der Waals surface area contributed by atoms with Gasteiger partial charge in [-0.2, -0.15) is 0 Å². The van der Waals surface area contributed by atoms with Crippen LogP contribution >= 0.6 is 24.0 Å². The van der Waals surface area contributed by atoms with Gasteiger partial charge in [-0.25, -0.2) is 0 Å². The first kappa shape index (κ1) is 19.5. The largest absolute Gasteiger partial charge is 0.352 e. The number of carbonyl (C=O) groups is 1. The summed E-state index contributed by atoms with van der Waals surface area (Å²) < 4.78 is 0. The Morgan fingerprint density at radius 1 is 1.14 bits per heavy atom. The maximum atomic E-state index is 12.0. The SMILES string of the molecule is CN=C(NCC(=O)NC1CCCCC1)N1CCC(C)CC1.I. The lowest BCUT2D eigenvalue weighted by atomic mass is 9.95. The average Bonchev–Trinajstić information content (AvgIpc) is 2.50. The molecule has 6 heteroatoms. The minimum absolute atomic E-state index is 0. The lowest BCUT2D eigenvalue weighted by molar-refractivity contribution is -0.120. The summed E-state index contributed by atoms with van der Waals surface area (Å²) in [4.78, 5) is 18.6. The number of halogens is 1. The quantitative estimate of drug-likeness (QED) is 0.417. The topological polar surface area (TPSA) is 56.7 Å². The zero-order valence-corrected chi connectivity index (χ0v) is 16.3. The van der Waals surface area contributed by atoms with Gasteiger partial charge in [0.25, 0.3) is 0 Å². The van der Waals surface area contributed by atoms with Crippen LogP contribution < -0.4 is 10.6 Å². The predicted molar refractivity (Wildman–Crippen MR) is 102 cm³/mol. The second-order valence-corrected chi connectivity index (χ2v) is 6.47. The van der Waals surface area contributed by atoms with Gasteiger partial charge in [-0.3, -0.25) is 9.79 Å². The van der Waals surface area contributed by atoms with E-state index in [-0.39, 0.29) is 29.9 Å². The van der Waals surface area contributed by atoms with Crippen LogP contribution in [0.3, 0.4) is 0 Å². The zero-order valence-electron chi connectivity index (χ0n) is 13.9. The summed E-state index contributed by atoms with van der Waals surface area (Å²) in [6, 6.07) is 0.380.